The van der Waals surface area contributed by atoms with Crippen molar-refractivity contribution in [3.63, 3.8) is 0 Å². The minimum absolute atomic E-state index is 0.295. The molecule has 1 N–H and O–H groups in total. The van der Waals surface area contributed by atoms with Crippen molar-refractivity contribution in [3.05, 3.63) is 29.8 Å². The number of halogens is 3. The molecule has 1 heterocycles. The first kappa shape index (κ1) is 14.4. The summed E-state index contributed by atoms with van der Waals surface area (Å²) in [5.41, 5.74) is -0.435. The standard InChI is InChI=1S/C13H13F3N2O2/c1-20-12(19)10-5-6-11(18-10)17-9-4-2-3-8(7-9)13(14,15)16/h2-4,7,10H,5-6H2,1H3,(H,17,18)/t10-/m1/s1. The molecule has 0 saturated heterocycles. The van der Waals surface area contributed by atoms with Crippen LogP contribution in [-0.4, -0.2) is 25.0 Å². The zero-order valence-corrected chi connectivity index (χ0v) is 10.7. The molecule has 0 saturated carbocycles. The van der Waals surface area contributed by atoms with Gasteiger partial charge in [-0.15, -0.1) is 0 Å². The highest BCUT2D eigenvalue weighted by atomic mass is 19.4. The average Bonchev–Trinajstić information content (AvgIpc) is 2.85. The number of amidine groups is 1. The van der Waals surface area contributed by atoms with Crippen LogP contribution < -0.4 is 5.32 Å². The number of ether oxygens (including phenoxy) is 1. The quantitative estimate of drug-likeness (QED) is 0.850. The van der Waals surface area contributed by atoms with Crippen LogP contribution in [-0.2, 0) is 15.7 Å². The molecule has 0 aromatic heterocycles. The Labute approximate surface area is 113 Å². The van der Waals surface area contributed by atoms with E-state index < -0.39 is 23.8 Å². The van der Waals surface area contributed by atoms with Crippen LogP contribution >= 0.6 is 0 Å². The third kappa shape index (κ3) is 3.28. The summed E-state index contributed by atoms with van der Waals surface area (Å²) in [7, 11) is 1.27. The van der Waals surface area contributed by atoms with Crippen molar-refractivity contribution in [2.45, 2.75) is 25.1 Å². The van der Waals surface area contributed by atoms with E-state index in [2.05, 4.69) is 15.0 Å². The third-order valence-electron chi connectivity index (χ3n) is 2.92. The molecule has 4 nitrogen and oxygen atoms in total. The lowest BCUT2D eigenvalue weighted by atomic mass is 10.2. The van der Waals surface area contributed by atoms with Crippen LogP contribution in [0.4, 0.5) is 18.9 Å². The number of aliphatic imine (C=N–C) groups is 1. The van der Waals surface area contributed by atoms with Gasteiger partial charge in [0.1, 0.15) is 11.9 Å². The van der Waals surface area contributed by atoms with Crippen molar-refractivity contribution in [1.29, 1.82) is 0 Å². The smallest absolute Gasteiger partial charge is 0.416 e. The Morgan fingerprint density at radius 2 is 2.20 bits per heavy atom. The van der Waals surface area contributed by atoms with Crippen molar-refractivity contribution in [2.75, 3.05) is 12.4 Å². The van der Waals surface area contributed by atoms with E-state index in [0.29, 0.717) is 24.4 Å². The van der Waals surface area contributed by atoms with Crippen LogP contribution in [0.3, 0.4) is 0 Å². The van der Waals surface area contributed by atoms with Gasteiger partial charge < -0.3 is 10.1 Å². The monoisotopic (exact) mass is 286 g/mol. The number of benzene rings is 1. The van der Waals surface area contributed by atoms with Gasteiger partial charge >= 0.3 is 12.1 Å². The summed E-state index contributed by atoms with van der Waals surface area (Å²) in [6, 6.07) is 4.27. The second-order valence-corrected chi connectivity index (χ2v) is 4.36. The Kier molecular flexibility index (Phi) is 3.96. The molecule has 0 unspecified atom stereocenters. The minimum Gasteiger partial charge on any atom is -0.467 e. The summed E-state index contributed by atoms with van der Waals surface area (Å²) < 4.78 is 42.3. The lowest BCUT2D eigenvalue weighted by Crippen LogP contribution is -2.17. The van der Waals surface area contributed by atoms with Gasteiger partial charge in [0.25, 0.3) is 0 Å². The number of anilines is 1. The molecule has 1 aliphatic heterocycles. The number of carbonyl (C=O) groups excluding carboxylic acids is 1. The molecule has 0 aliphatic carbocycles. The van der Waals surface area contributed by atoms with Gasteiger partial charge in [-0.25, -0.2) is 4.79 Å². The fourth-order valence-electron chi connectivity index (χ4n) is 1.93. The molecule has 20 heavy (non-hydrogen) atoms. The largest absolute Gasteiger partial charge is 0.467 e. The Morgan fingerprint density at radius 1 is 1.45 bits per heavy atom. The van der Waals surface area contributed by atoms with Gasteiger partial charge in [-0.1, -0.05) is 6.07 Å². The second-order valence-electron chi connectivity index (χ2n) is 4.36. The lowest BCUT2D eigenvalue weighted by molar-refractivity contribution is -0.142. The lowest BCUT2D eigenvalue weighted by Gasteiger charge is -2.10. The molecule has 7 heteroatoms. The molecule has 1 aromatic carbocycles. The van der Waals surface area contributed by atoms with Crippen LogP contribution in [0.1, 0.15) is 18.4 Å². The van der Waals surface area contributed by atoms with E-state index in [1.54, 1.807) is 0 Å². The average molecular weight is 286 g/mol. The summed E-state index contributed by atoms with van der Waals surface area (Å²) in [5, 5.41) is 2.80. The molecule has 1 atom stereocenters. The van der Waals surface area contributed by atoms with Crippen molar-refractivity contribution < 1.29 is 22.7 Å². The number of hydrogen-bond acceptors (Lipinski definition) is 4. The number of hydrogen-bond donors (Lipinski definition) is 1. The summed E-state index contributed by atoms with van der Waals surface area (Å²) in [6.45, 7) is 0. The summed E-state index contributed by atoms with van der Waals surface area (Å²) in [6.07, 6.45) is -3.40. The molecule has 0 fully saturated rings. The summed E-state index contributed by atoms with van der Waals surface area (Å²) in [5.74, 6) is 0.0468. The van der Waals surface area contributed by atoms with E-state index in [-0.39, 0.29) is 0 Å². The molecule has 2 rings (SSSR count). The first-order valence-corrected chi connectivity index (χ1v) is 5.99. The molecule has 0 bridgehead atoms. The molecule has 0 amide bonds. The first-order valence-electron chi connectivity index (χ1n) is 5.99. The Balaban J connectivity index is 2.10. The predicted molar refractivity (Wildman–Crippen MR) is 67.5 cm³/mol. The second kappa shape index (κ2) is 5.52. The van der Waals surface area contributed by atoms with E-state index in [9.17, 15) is 18.0 Å². The van der Waals surface area contributed by atoms with E-state index in [1.165, 1.54) is 19.2 Å². The van der Waals surface area contributed by atoms with Crippen LogP contribution in [0.5, 0.6) is 0 Å². The highest BCUT2D eigenvalue weighted by molar-refractivity contribution is 5.99. The SMILES string of the molecule is COC(=O)[C@H]1CCC(Nc2cccc(C(F)(F)F)c2)=N1. The fraction of sp³-hybridized carbons (Fsp3) is 0.385. The molecule has 1 aromatic rings. The molecule has 108 valence electrons. The first-order chi connectivity index (χ1) is 9.40. The molecular formula is C13H13F3N2O2. The number of methoxy groups -OCH3 is 1. The minimum atomic E-state index is -4.39. The van der Waals surface area contributed by atoms with Gasteiger partial charge in [0.05, 0.1) is 12.7 Å². The number of nitrogens with one attached hydrogen (secondary N) is 1. The van der Waals surface area contributed by atoms with E-state index in [1.807, 2.05) is 0 Å². The highest BCUT2D eigenvalue weighted by Gasteiger charge is 2.30. The number of rotatable bonds is 2. The van der Waals surface area contributed by atoms with Crippen molar-refractivity contribution >= 4 is 17.5 Å². The maximum Gasteiger partial charge on any atom is 0.416 e. The Morgan fingerprint density at radius 3 is 2.85 bits per heavy atom. The number of alkyl halides is 3. The van der Waals surface area contributed by atoms with Crippen LogP contribution in [0.15, 0.2) is 29.3 Å². The van der Waals surface area contributed by atoms with Crippen LogP contribution in [0.2, 0.25) is 0 Å². The zero-order valence-electron chi connectivity index (χ0n) is 10.7. The summed E-state index contributed by atoms with van der Waals surface area (Å²) in [4.78, 5) is 15.4. The maximum absolute atomic E-state index is 12.6. The molecule has 0 spiro atoms. The summed E-state index contributed by atoms with van der Waals surface area (Å²) >= 11 is 0. The number of nitrogens with zero attached hydrogens (tertiary/aromatic N) is 1. The van der Waals surface area contributed by atoms with Gasteiger partial charge in [0.15, 0.2) is 0 Å². The molecule has 1 aliphatic rings. The van der Waals surface area contributed by atoms with Crippen molar-refractivity contribution in [1.82, 2.24) is 0 Å². The van der Waals surface area contributed by atoms with Gasteiger partial charge in [-0.3, -0.25) is 4.99 Å². The molecule has 0 radical (unpaired) electrons. The highest BCUT2D eigenvalue weighted by Crippen LogP contribution is 2.31. The van der Waals surface area contributed by atoms with Crippen molar-refractivity contribution in [3.8, 4) is 0 Å². The van der Waals surface area contributed by atoms with Crippen LogP contribution in [0.25, 0.3) is 0 Å². The van der Waals surface area contributed by atoms with E-state index in [4.69, 9.17) is 0 Å². The van der Waals surface area contributed by atoms with Crippen molar-refractivity contribution in [2.24, 2.45) is 4.99 Å². The predicted octanol–water partition coefficient (Wildman–Crippen LogP) is 2.85. The van der Waals surface area contributed by atoms with Gasteiger partial charge in [-0.05, 0) is 24.6 Å². The van der Waals surface area contributed by atoms with E-state index in [0.717, 1.165) is 12.1 Å². The van der Waals surface area contributed by atoms with Crippen LogP contribution in [0, 0.1) is 0 Å². The number of esters is 1. The molecular weight excluding hydrogens is 273 g/mol. The number of carbonyl (C=O) groups is 1. The van der Waals surface area contributed by atoms with E-state index >= 15 is 0 Å². The van der Waals surface area contributed by atoms with Gasteiger partial charge in [-0.2, -0.15) is 13.2 Å². The Bertz CT molecular complexity index is 541. The van der Waals surface area contributed by atoms with Gasteiger partial charge in [0.2, 0.25) is 0 Å². The normalized spacial score (nSPS) is 18.6. The third-order valence-corrected chi connectivity index (χ3v) is 2.92. The Hall–Kier alpha value is -2.05. The van der Waals surface area contributed by atoms with Gasteiger partial charge in [0, 0.05) is 12.1 Å². The maximum atomic E-state index is 12.6. The topological polar surface area (TPSA) is 50.7 Å². The fourth-order valence-corrected chi connectivity index (χ4v) is 1.93. The zero-order chi connectivity index (χ0) is 14.8.